The number of amides is 1. The van der Waals surface area contributed by atoms with Crippen molar-refractivity contribution in [2.75, 3.05) is 0 Å². The molecule has 0 spiro atoms. The largest absolute Gasteiger partial charge is 0.319 e. The molecule has 0 aliphatic rings. The highest BCUT2D eigenvalue weighted by Gasteiger charge is 2.09. The summed E-state index contributed by atoms with van der Waals surface area (Å²) in [4.78, 5) is 18.7. The Morgan fingerprint density at radius 1 is 1.32 bits per heavy atom. The fourth-order valence-corrected chi connectivity index (χ4v) is 3.01. The number of thiophene rings is 1. The second-order valence-corrected chi connectivity index (χ2v) is 6.29. The molecule has 2 heterocycles. The van der Waals surface area contributed by atoms with Crippen molar-refractivity contribution in [1.29, 1.82) is 0 Å². The Bertz CT molecular complexity index is 847. The summed E-state index contributed by atoms with van der Waals surface area (Å²) in [6, 6.07) is 11.8. The third-order valence-corrected chi connectivity index (χ3v) is 4.22. The number of carbonyl (C=O) groups excluding carboxylic acids is 1. The van der Waals surface area contributed by atoms with Crippen LogP contribution in [-0.2, 0) is 11.3 Å². The van der Waals surface area contributed by atoms with E-state index in [9.17, 15) is 4.79 Å². The molecule has 1 N–H and O–H groups in total. The maximum atomic E-state index is 12.0. The number of hydrogen-bond donors (Lipinski definition) is 1. The van der Waals surface area contributed by atoms with Crippen LogP contribution in [0.25, 0.3) is 11.0 Å². The normalized spacial score (nSPS) is 11.4. The minimum Gasteiger partial charge on any atom is -0.319 e. The van der Waals surface area contributed by atoms with E-state index in [1.807, 2.05) is 54.8 Å². The third kappa shape index (κ3) is 3.07. The lowest BCUT2D eigenvalue weighted by atomic mass is 10.3. The van der Waals surface area contributed by atoms with E-state index in [0.717, 1.165) is 21.7 Å². The van der Waals surface area contributed by atoms with Gasteiger partial charge in [0.25, 0.3) is 5.91 Å². The molecule has 0 atom stereocenters. The average molecular weight is 312 g/mol. The number of nitrogens with zero attached hydrogens (tertiary/aromatic N) is 3. The SMILES string of the molecule is Cc1ccc(/C=N\NC(=O)Cn2c(C)nc3ccccc32)s1. The monoisotopic (exact) mass is 312 g/mol. The predicted octanol–water partition coefficient (Wildman–Crippen LogP) is 2.86. The van der Waals surface area contributed by atoms with Gasteiger partial charge in [0.1, 0.15) is 12.4 Å². The van der Waals surface area contributed by atoms with Gasteiger partial charge in [-0.05, 0) is 38.1 Å². The fraction of sp³-hybridized carbons (Fsp3) is 0.188. The van der Waals surface area contributed by atoms with Crippen LogP contribution in [0.4, 0.5) is 0 Å². The first-order valence-corrected chi connectivity index (χ1v) is 7.75. The Morgan fingerprint density at radius 3 is 2.91 bits per heavy atom. The van der Waals surface area contributed by atoms with Gasteiger partial charge in [-0.25, -0.2) is 10.4 Å². The summed E-state index contributed by atoms with van der Waals surface area (Å²) >= 11 is 1.63. The Hall–Kier alpha value is -2.47. The number of para-hydroxylation sites is 2. The van der Waals surface area contributed by atoms with Crippen LogP contribution in [0.2, 0.25) is 0 Å². The van der Waals surface area contributed by atoms with Crippen LogP contribution in [0.5, 0.6) is 0 Å². The zero-order valence-corrected chi connectivity index (χ0v) is 13.2. The van der Waals surface area contributed by atoms with Gasteiger partial charge in [0.15, 0.2) is 0 Å². The first-order valence-electron chi connectivity index (χ1n) is 6.94. The summed E-state index contributed by atoms with van der Waals surface area (Å²) in [6.07, 6.45) is 1.66. The predicted molar refractivity (Wildman–Crippen MR) is 89.3 cm³/mol. The maximum absolute atomic E-state index is 12.0. The molecule has 0 fully saturated rings. The van der Waals surface area contributed by atoms with Crippen LogP contribution in [0, 0.1) is 13.8 Å². The summed E-state index contributed by atoms with van der Waals surface area (Å²) < 4.78 is 1.88. The Kier molecular flexibility index (Phi) is 4.02. The molecule has 22 heavy (non-hydrogen) atoms. The molecule has 0 radical (unpaired) electrons. The van der Waals surface area contributed by atoms with E-state index < -0.39 is 0 Å². The van der Waals surface area contributed by atoms with E-state index in [4.69, 9.17) is 0 Å². The van der Waals surface area contributed by atoms with Gasteiger partial charge in [-0.1, -0.05) is 12.1 Å². The number of hydrazone groups is 1. The molecule has 0 saturated carbocycles. The molecule has 3 aromatic rings. The Labute approximate surface area is 132 Å². The molecule has 1 aromatic carbocycles. The Balaban J connectivity index is 1.68. The van der Waals surface area contributed by atoms with E-state index in [2.05, 4.69) is 15.5 Å². The van der Waals surface area contributed by atoms with Crippen molar-refractivity contribution in [1.82, 2.24) is 15.0 Å². The van der Waals surface area contributed by atoms with Crippen molar-refractivity contribution in [3.05, 3.63) is 52.0 Å². The van der Waals surface area contributed by atoms with Crippen molar-refractivity contribution < 1.29 is 4.79 Å². The molecule has 6 heteroatoms. The molecular weight excluding hydrogens is 296 g/mol. The number of rotatable bonds is 4. The number of nitrogens with one attached hydrogen (secondary N) is 1. The van der Waals surface area contributed by atoms with Crippen LogP contribution in [0.15, 0.2) is 41.5 Å². The van der Waals surface area contributed by atoms with Crippen LogP contribution < -0.4 is 5.43 Å². The molecule has 0 saturated heterocycles. The molecule has 5 nitrogen and oxygen atoms in total. The van der Waals surface area contributed by atoms with E-state index in [1.165, 1.54) is 4.88 Å². The van der Waals surface area contributed by atoms with Gasteiger partial charge in [0.05, 0.1) is 17.2 Å². The van der Waals surface area contributed by atoms with Gasteiger partial charge in [0.2, 0.25) is 0 Å². The molecule has 1 amide bonds. The fourth-order valence-electron chi connectivity index (χ4n) is 2.27. The van der Waals surface area contributed by atoms with Gasteiger partial charge < -0.3 is 4.57 Å². The van der Waals surface area contributed by atoms with Crippen molar-refractivity contribution in [3.63, 3.8) is 0 Å². The number of benzene rings is 1. The quantitative estimate of drug-likeness (QED) is 0.595. The van der Waals surface area contributed by atoms with Crippen molar-refractivity contribution in [2.45, 2.75) is 20.4 Å². The number of carbonyl (C=O) groups is 1. The minimum atomic E-state index is -0.171. The van der Waals surface area contributed by atoms with Gasteiger partial charge >= 0.3 is 0 Å². The van der Waals surface area contributed by atoms with E-state index >= 15 is 0 Å². The number of fused-ring (bicyclic) bond motifs is 1. The third-order valence-electron chi connectivity index (χ3n) is 3.29. The first kappa shape index (κ1) is 14.5. The molecule has 0 unspecified atom stereocenters. The first-order chi connectivity index (χ1) is 10.6. The highest BCUT2D eigenvalue weighted by molar-refractivity contribution is 7.13. The summed E-state index contributed by atoms with van der Waals surface area (Å²) in [5.74, 6) is 0.644. The molecule has 0 aliphatic heterocycles. The maximum Gasteiger partial charge on any atom is 0.260 e. The van der Waals surface area contributed by atoms with E-state index in [0.29, 0.717) is 0 Å². The highest BCUT2D eigenvalue weighted by Crippen LogP contribution is 2.15. The average Bonchev–Trinajstić information content (AvgIpc) is 3.03. The lowest BCUT2D eigenvalue weighted by molar-refractivity contribution is -0.121. The zero-order valence-electron chi connectivity index (χ0n) is 12.4. The second-order valence-electron chi connectivity index (χ2n) is 4.98. The van der Waals surface area contributed by atoms with E-state index in [-0.39, 0.29) is 12.5 Å². The van der Waals surface area contributed by atoms with Crippen LogP contribution in [-0.4, -0.2) is 21.7 Å². The molecule has 0 bridgehead atoms. The van der Waals surface area contributed by atoms with Gasteiger partial charge in [0, 0.05) is 9.75 Å². The molecule has 3 rings (SSSR count). The highest BCUT2D eigenvalue weighted by atomic mass is 32.1. The standard InChI is InChI=1S/C16H16N4OS/c1-11-7-8-13(22-11)9-17-19-16(21)10-20-12(2)18-14-5-3-4-6-15(14)20/h3-9H,10H2,1-2H3,(H,19,21)/b17-9-. The van der Waals surface area contributed by atoms with Crippen molar-refractivity contribution in [2.24, 2.45) is 5.10 Å². The smallest absolute Gasteiger partial charge is 0.260 e. The van der Waals surface area contributed by atoms with Crippen LogP contribution >= 0.6 is 11.3 Å². The van der Waals surface area contributed by atoms with Crippen molar-refractivity contribution >= 4 is 34.5 Å². The number of hydrogen-bond acceptors (Lipinski definition) is 4. The lowest BCUT2D eigenvalue weighted by Gasteiger charge is -2.05. The van der Waals surface area contributed by atoms with Crippen molar-refractivity contribution in [3.8, 4) is 0 Å². The molecular formula is C16H16N4OS. The number of aromatic nitrogens is 2. The molecule has 112 valence electrons. The van der Waals surface area contributed by atoms with E-state index in [1.54, 1.807) is 17.6 Å². The zero-order chi connectivity index (χ0) is 15.5. The summed E-state index contributed by atoms with van der Waals surface area (Å²) in [7, 11) is 0. The second kappa shape index (κ2) is 6.11. The molecule has 2 aromatic heterocycles. The summed E-state index contributed by atoms with van der Waals surface area (Å²) in [5, 5.41) is 4.00. The summed E-state index contributed by atoms with van der Waals surface area (Å²) in [6.45, 7) is 4.13. The number of aryl methyl sites for hydroxylation is 2. The minimum absolute atomic E-state index is 0.171. The van der Waals surface area contributed by atoms with Crippen LogP contribution in [0.1, 0.15) is 15.6 Å². The number of imidazole rings is 1. The molecule has 0 aliphatic carbocycles. The van der Waals surface area contributed by atoms with Gasteiger partial charge in [-0.2, -0.15) is 5.10 Å². The Morgan fingerprint density at radius 2 is 2.14 bits per heavy atom. The lowest BCUT2D eigenvalue weighted by Crippen LogP contribution is -2.23. The van der Waals surface area contributed by atoms with Gasteiger partial charge in [-0.3, -0.25) is 4.79 Å². The summed E-state index contributed by atoms with van der Waals surface area (Å²) in [5.41, 5.74) is 4.40. The topological polar surface area (TPSA) is 59.3 Å². The van der Waals surface area contributed by atoms with Gasteiger partial charge in [-0.15, -0.1) is 11.3 Å². The van der Waals surface area contributed by atoms with Crippen LogP contribution in [0.3, 0.4) is 0 Å².